The van der Waals surface area contributed by atoms with E-state index >= 15 is 0 Å². The number of aromatic amines is 1. The average Bonchev–Trinajstić information content (AvgIpc) is 3.17. The van der Waals surface area contributed by atoms with Crippen LogP contribution in [0.3, 0.4) is 0 Å². The number of rotatable bonds is 11. The highest BCUT2D eigenvalue weighted by Crippen LogP contribution is 2.19. The molecular formula is C20H27N5O5S2. The summed E-state index contributed by atoms with van der Waals surface area (Å²) in [5.74, 6) is -3.34. The van der Waals surface area contributed by atoms with E-state index in [1.165, 1.54) is 6.92 Å². The van der Waals surface area contributed by atoms with Crippen LogP contribution in [-0.4, -0.2) is 69.5 Å². The molecule has 2 aromatic rings. The number of para-hydroxylation sites is 1. The number of hydrogen-bond acceptors (Lipinski definition) is 7. The van der Waals surface area contributed by atoms with Crippen LogP contribution in [0.5, 0.6) is 0 Å². The average molecular weight is 482 g/mol. The van der Waals surface area contributed by atoms with Crippen LogP contribution in [0.15, 0.2) is 30.5 Å². The zero-order valence-electron chi connectivity index (χ0n) is 17.4. The van der Waals surface area contributed by atoms with E-state index in [1.807, 2.05) is 24.3 Å². The van der Waals surface area contributed by atoms with Crippen molar-refractivity contribution < 1.29 is 24.3 Å². The highest BCUT2D eigenvalue weighted by Gasteiger charge is 2.29. The van der Waals surface area contributed by atoms with E-state index in [4.69, 9.17) is 10.8 Å². The molecule has 0 aliphatic heterocycles. The van der Waals surface area contributed by atoms with Crippen molar-refractivity contribution >= 4 is 59.9 Å². The molecule has 1 aromatic heterocycles. The maximum absolute atomic E-state index is 13.0. The lowest BCUT2D eigenvalue weighted by atomic mass is 10.0. The van der Waals surface area contributed by atoms with E-state index in [2.05, 4.69) is 46.2 Å². The second-order valence-electron chi connectivity index (χ2n) is 7.24. The van der Waals surface area contributed by atoms with E-state index < -0.39 is 47.9 Å². The van der Waals surface area contributed by atoms with Gasteiger partial charge in [-0.05, 0) is 18.6 Å². The van der Waals surface area contributed by atoms with Gasteiger partial charge in [0.05, 0.1) is 6.04 Å². The van der Waals surface area contributed by atoms with Gasteiger partial charge in [-0.25, -0.2) is 4.79 Å². The number of nitrogens with one attached hydrogen (secondary N) is 4. The molecule has 0 spiro atoms. The normalized spacial score (nSPS) is 14.8. The summed E-state index contributed by atoms with van der Waals surface area (Å²) in [6.07, 6.45) is 1.89. The number of carbonyl (C=O) groups is 4. The first kappa shape index (κ1) is 25.6. The Hall–Kier alpha value is -2.70. The van der Waals surface area contributed by atoms with Crippen LogP contribution in [0.1, 0.15) is 12.5 Å². The van der Waals surface area contributed by atoms with Crippen molar-refractivity contribution in [3.63, 3.8) is 0 Å². The number of amides is 3. The monoisotopic (exact) mass is 481 g/mol. The summed E-state index contributed by atoms with van der Waals surface area (Å²) in [6, 6.07) is 3.29. The number of hydrogen-bond donors (Lipinski definition) is 8. The highest BCUT2D eigenvalue weighted by atomic mass is 32.1. The Balaban J connectivity index is 2.20. The molecule has 12 heteroatoms. The molecule has 7 N–H and O–H groups in total. The number of carboxylic acid groups (broad SMARTS) is 1. The second kappa shape index (κ2) is 11.8. The van der Waals surface area contributed by atoms with Crippen LogP contribution >= 0.6 is 25.3 Å². The van der Waals surface area contributed by atoms with Gasteiger partial charge in [-0.15, -0.1) is 0 Å². The number of carbonyl (C=O) groups excluding carboxylic acids is 3. The van der Waals surface area contributed by atoms with Gasteiger partial charge in [-0.3, -0.25) is 14.4 Å². The molecule has 0 aliphatic rings. The third kappa shape index (κ3) is 6.65. The Morgan fingerprint density at radius 3 is 2.12 bits per heavy atom. The third-order valence-electron chi connectivity index (χ3n) is 4.76. The third-order valence-corrected chi connectivity index (χ3v) is 5.49. The van der Waals surface area contributed by atoms with Crippen molar-refractivity contribution in [2.75, 3.05) is 11.5 Å². The minimum absolute atomic E-state index is 0.0858. The Labute approximate surface area is 195 Å². The van der Waals surface area contributed by atoms with Crippen LogP contribution in [0.4, 0.5) is 0 Å². The molecule has 2 rings (SSSR count). The van der Waals surface area contributed by atoms with Gasteiger partial charge in [-0.1, -0.05) is 18.2 Å². The number of fused-ring (bicyclic) bond motifs is 1. The largest absolute Gasteiger partial charge is 0.480 e. The van der Waals surface area contributed by atoms with Crippen molar-refractivity contribution in [3.05, 3.63) is 36.0 Å². The van der Waals surface area contributed by atoms with Gasteiger partial charge in [0.15, 0.2) is 0 Å². The number of aromatic nitrogens is 1. The molecule has 0 bridgehead atoms. The minimum atomic E-state index is -1.25. The van der Waals surface area contributed by atoms with Crippen molar-refractivity contribution in [2.24, 2.45) is 5.73 Å². The fourth-order valence-electron chi connectivity index (χ4n) is 2.96. The number of benzene rings is 1. The summed E-state index contributed by atoms with van der Waals surface area (Å²) in [5.41, 5.74) is 7.30. The zero-order valence-corrected chi connectivity index (χ0v) is 19.2. The molecule has 0 aliphatic carbocycles. The molecule has 0 saturated carbocycles. The highest BCUT2D eigenvalue weighted by molar-refractivity contribution is 7.80. The molecule has 0 radical (unpaired) electrons. The van der Waals surface area contributed by atoms with Crippen LogP contribution < -0.4 is 21.7 Å². The Bertz CT molecular complexity index is 980. The molecule has 0 fully saturated rings. The number of nitrogens with two attached hydrogens (primary N) is 1. The minimum Gasteiger partial charge on any atom is -0.480 e. The van der Waals surface area contributed by atoms with Gasteiger partial charge >= 0.3 is 5.97 Å². The molecule has 10 nitrogen and oxygen atoms in total. The maximum Gasteiger partial charge on any atom is 0.327 e. The van der Waals surface area contributed by atoms with Gasteiger partial charge in [0.2, 0.25) is 17.7 Å². The summed E-state index contributed by atoms with van der Waals surface area (Å²) in [5, 5.41) is 17.4. The fraction of sp³-hybridized carbons (Fsp3) is 0.400. The van der Waals surface area contributed by atoms with Gasteiger partial charge in [-0.2, -0.15) is 25.3 Å². The zero-order chi connectivity index (χ0) is 23.8. The van der Waals surface area contributed by atoms with Gasteiger partial charge in [0.1, 0.15) is 18.1 Å². The van der Waals surface area contributed by atoms with Crippen molar-refractivity contribution in [1.82, 2.24) is 20.9 Å². The maximum atomic E-state index is 13.0. The van der Waals surface area contributed by atoms with Gasteiger partial charge in [0.25, 0.3) is 0 Å². The number of H-pyrrole nitrogens is 1. The van der Waals surface area contributed by atoms with Crippen LogP contribution in [0, 0.1) is 0 Å². The Kier molecular flexibility index (Phi) is 9.42. The molecule has 174 valence electrons. The molecule has 0 saturated heterocycles. The van der Waals surface area contributed by atoms with Gasteiger partial charge < -0.3 is 31.8 Å². The first-order valence-corrected chi connectivity index (χ1v) is 11.1. The first-order chi connectivity index (χ1) is 15.2. The van der Waals surface area contributed by atoms with Crippen molar-refractivity contribution in [3.8, 4) is 0 Å². The molecular weight excluding hydrogens is 454 g/mol. The summed E-state index contributed by atoms with van der Waals surface area (Å²) in [7, 11) is 0. The van der Waals surface area contributed by atoms with Gasteiger partial charge in [0, 0.05) is 35.0 Å². The predicted molar refractivity (Wildman–Crippen MR) is 127 cm³/mol. The van der Waals surface area contributed by atoms with Crippen molar-refractivity contribution in [1.29, 1.82) is 0 Å². The summed E-state index contributed by atoms with van der Waals surface area (Å²) in [6.45, 7) is 1.49. The smallest absolute Gasteiger partial charge is 0.327 e. The molecule has 1 aromatic carbocycles. The number of thiol groups is 2. The Morgan fingerprint density at radius 2 is 1.53 bits per heavy atom. The SMILES string of the molecule is CC(N)C(=O)NC(Cc1c[nH]c2ccccc12)C(=O)NC(CS)C(=O)NC(CS)C(=O)O. The van der Waals surface area contributed by atoms with Crippen LogP contribution in [-0.2, 0) is 25.6 Å². The quantitative estimate of drug-likeness (QED) is 0.201. The molecule has 1 heterocycles. The van der Waals surface area contributed by atoms with Crippen LogP contribution in [0.2, 0.25) is 0 Å². The summed E-state index contributed by atoms with van der Waals surface area (Å²) >= 11 is 7.99. The molecule has 4 unspecified atom stereocenters. The number of aliphatic carboxylic acids is 1. The second-order valence-corrected chi connectivity index (χ2v) is 7.97. The lowest BCUT2D eigenvalue weighted by molar-refractivity contribution is -0.141. The lowest BCUT2D eigenvalue weighted by Crippen LogP contribution is -2.58. The fourth-order valence-corrected chi connectivity index (χ4v) is 3.46. The van der Waals surface area contributed by atoms with Crippen molar-refractivity contribution in [2.45, 2.75) is 37.5 Å². The number of carboxylic acids is 1. The van der Waals surface area contributed by atoms with E-state index in [-0.39, 0.29) is 17.9 Å². The van der Waals surface area contributed by atoms with E-state index in [0.29, 0.717) is 0 Å². The lowest BCUT2D eigenvalue weighted by Gasteiger charge is -2.24. The summed E-state index contributed by atoms with van der Waals surface area (Å²) < 4.78 is 0. The van der Waals surface area contributed by atoms with E-state index in [1.54, 1.807) is 6.20 Å². The molecule has 32 heavy (non-hydrogen) atoms. The van der Waals surface area contributed by atoms with E-state index in [0.717, 1.165) is 16.5 Å². The topological polar surface area (TPSA) is 166 Å². The standard InChI is InChI=1S/C20H27N5O5S2/c1-10(21)17(26)23-14(6-11-7-22-13-5-3-2-4-12(11)13)18(27)24-15(8-31)19(28)25-16(9-32)20(29)30/h2-5,7,10,14-16,22,31-32H,6,8-9,21H2,1H3,(H,23,26)(H,24,27)(H,25,28)(H,29,30). The molecule has 4 atom stereocenters. The Morgan fingerprint density at radius 1 is 0.969 bits per heavy atom. The molecule has 3 amide bonds. The summed E-state index contributed by atoms with van der Waals surface area (Å²) in [4.78, 5) is 51.9. The first-order valence-electron chi connectivity index (χ1n) is 9.84. The van der Waals surface area contributed by atoms with Crippen LogP contribution in [0.25, 0.3) is 10.9 Å². The van der Waals surface area contributed by atoms with E-state index in [9.17, 15) is 19.2 Å². The predicted octanol–water partition coefficient (Wildman–Crippen LogP) is -0.544.